The predicted octanol–water partition coefficient (Wildman–Crippen LogP) is 13.7. The lowest BCUT2D eigenvalue weighted by atomic mass is 9.79. The zero-order valence-corrected chi connectivity index (χ0v) is 36.3. The highest BCUT2D eigenvalue weighted by Crippen LogP contribution is 2.55. The molecule has 0 amide bonds. The molecule has 1 atom stereocenters. The number of imidazole rings is 1. The number of rotatable bonds is 5. The van der Waals surface area contributed by atoms with E-state index in [2.05, 4.69) is 242 Å². The van der Waals surface area contributed by atoms with Gasteiger partial charge < -0.3 is 4.74 Å². The van der Waals surface area contributed by atoms with Crippen LogP contribution in [0.4, 0.5) is 0 Å². The summed E-state index contributed by atoms with van der Waals surface area (Å²) in [7, 11) is 0. The van der Waals surface area contributed by atoms with E-state index in [-0.39, 0.29) is 5.41 Å². The zero-order valence-electron chi connectivity index (χ0n) is 36.3. The van der Waals surface area contributed by atoms with Gasteiger partial charge in [0.2, 0.25) is 5.69 Å². The Morgan fingerprint density at radius 2 is 1.11 bits per heavy atom. The van der Waals surface area contributed by atoms with Gasteiger partial charge in [-0.3, -0.25) is 0 Å². The molecular weight excluding hydrogens is 779 g/mol. The Morgan fingerprint density at radius 3 is 1.83 bits per heavy atom. The molecule has 0 radical (unpaired) electrons. The molecule has 0 saturated carbocycles. The highest BCUT2D eigenvalue weighted by atomic mass is 16.5. The summed E-state index contributed by atoms with van der Waals surface area (Å²) in [5.74, 6) is 0.858. The van der Waals surface area contributed by atoms with Crippen LogP contribution < -0.4 is 13.9 Å². The minimum atomic E-state index is -1.07. The lowest BCUT2D eigenvalue weighted by Gasteiger charge is -2.32. The van der Waals surface area contributed by atoms with Gasteiger partial charge in [0.05, 0.1) is 5.56 Å². The fourth-order valence-electron chi connectivity index (χ4n) is 10.8. The van der Waals surface area contributed by atoms with Crippen molar-refractivity contribution >= 4 is 11.0 Å². The first-order chi connectivity index (χ1) is 31.3. The van der Waals surface area contributed by atoms with Crippen LogP contribution in [0.15, 0.2) is 200 Å². The summed E-state index contributed by atoms with van der Waals surface area (Å²) < 4.78 is 15.2. The van der Waals surface area contributed by atoms with E-state index in [1.165, 1.54) is 72.3 Å². The molecule has 4 nitrogen and oxygen atoms in total. The molecule has 4 heteroatoms. The van der Waals surface area contributed by atoms with E-state index in [1.807, 2.05) is 0 Å². The predicted molar refractivity (Wildman–Crippen MR) is 258 cm³/mol. The highest BCUT2D eigenvalue weighted by molar-refractivity contribution is 6.00. The van der Waals surface area contributed by atoms with Crippen molar-refractivity contribution in [3.8, 4) is 89.7 Å². The Balaban J connectivity index is 1.21. The fourth-order valence-corrected chi connectivity index (χ4v) is 10.8. The molecule has 0 aliphatic carbocycles. The van der Waals surface area contributed by atoms with Gasteiger partial charge in [-0.25, -0.2) is 0 Å². The minimum Gasteiger partial charge on any atom is -0.392 e. The van der Waals surface area contributed by atoms with E-state index >= 15 is 0 Å². The van der Waals surface area contributed by atoms with Gasteiger partial charge in [0.25, 0.3) is 0 Å². The van der Waals surface area contributed by atoms with Crippen molar-refractivity contribution in [2.75, 3.05) is 0 Å². The molecule has 1 spiro atoms. The molecule has 0 N–H and O–H groups in total. The normalized spacial score (nSPS) is 15.1. The molecule has 0 saturated heterocycles. The SMILES string of the molecule is Cc1ccc(-c2cc[n+]3c(c2)-c2cc(-c4ccccc4)cc4c2C32Oc3ccccc3-c3n(-c5cc(-c6ccccc6)c(C(C)(C)C)cc5-c5ccccc5)c5cccc-4c5[n+]32)cc1. The number of aryl methyl sites for hydroxylation is 1. The molecule has 304 valence electrons. The Morgan fingerprint density at radius 1 is 0.484 bits per heavy atom. The lowest BCUT2D eigenvalue weighted by molar-refractivity contribution is -0.997. The number of pyridine rings is 1. The molecule has 3 aliphatic rings. The van der Waals surface area contributed by atoms with Gasteiger partial charge in [-0.1, -0.05) is 160 Å². The number of hydrogen-bond donors (Lipinski definition) is 0. The molecular formula is C60H45N3O+2. The minimum absolute atomic E-state index is 0.128. The fraction of sp³-hybridized carbons (Fsp3) is 0.100. The summed E-state index contributed by atoms with van der Waals surface area (Å²) in [6.45, 7) is 9.13. The van der Waals surface area contributed by atoms with Crippen molar-refractivity contribution in [2.45, 2.75) is 39.0 Å². The van der Waals surface area contributed by atoms with Gasteiger partial charge in [0, 0.05) is 28.8 Å². The van der Waals surface area contributed by atoms with Gasteiger partial charge in [0.15, 0.2) is 17.2 Å². The second-order valence-corrected chi connectivity index (χ2v) is 18.6. The van der Waals surface area contributed by atoms with Crippen LogP contribution in [0.1, 0.15) is 37.5 Å². The van der Waals surface area contributed by atoms with E-state index < -0.39 is 5.85 Å². The van der Waals surface area contributed by atoms with E-state index in [9.17, 15) is 0 Å². The first kappa shape index (κ1) is 36.8. The molecule has 1 unspecified atom stereocenters. The Hall–Kier alpha value is -7.82. The maximum absolute atomic E-state index is 7.74. The number of hydrogen-bond acceptors (Lipinski definition) is 1. The van der Waals surface area contributed by atoms with E-state index in [1.54, 1.807) is 0 Å². The van der Waals surface area contributed by atoms with Crippen LogP contribution in [0.2, 0.25) is 0 Å². The summed E-state index contributed by atoms with van der Waals surface area (Å²) >= 11 is 0. The summed E-state index contributed by atoms with van der Waals surface area (Å²) in [6, 6.07) is 71.4. The Bertz CT molecular complexity index is 3540. The van der Waals surface area contributed by atoms with Crippen molar-refractivity contribution in [3.63, 3.8) is 0 Å². The smallest absolute Gasteiger partial charge is 0.392 e. The number of ether oxygens (including phenoxy) is 1. The van der Waals surface area contributed by atoms with Gasteiger partial charge >= 0.3 is 11.7 Å². The second kappa shape index (κ2) is 13.3. The summed E-state index contributed by atoms with van der Waals surface area (Å²) in [5, 5.41) is 0. The van der Waals surface area contributed by atoms with Crippen molar-refractivity contribution in [2.24, 2.45) is 0 Å². The van der Waals surface area contributed by atoms with Crippen LogP contribution in [-0.2, 0) is 11.3 Å². The van der Waals surface area contributed by atoms with Crippen LogP contribution in [0, 0.1) is 6.92 Å². The van der Waals surface area contributed by atoms with E-state index in [0.29, 0.717) is 0 Å². The number of fused-ring (bicyclic) bond motifs is 5. The average Bonchev–Trinajstić information content (AvgIpc) is 3.83. The summed E-state index contributed by atoms with van der Waals surface area (Å²) in [6.07, 6.45) is 2.26. The molecule has 2 aromatic heterocycles. The molecule has 3 aliphatic heterocycles. The third-order valence-corrected chi connectivity index (χ3v) is 13.7. The molecule has 0 bridgehead atoms. The molecule has 13 rings (SSSR count). The first-order valence-corrected chi connectivity index (χ1v) is 22.3. The van der Waals surface area contributed by atoms with Crippen LogP contribution in [-0.4, -0.2) is 4.57 Å². The summed E-state index contributed by atoms with van der Waals surface area (Å²) in [5.41, 5.74) is 22.2. The molecule has 0 fully saturated rings. The van der Waals surface area contributed by atoms with Gasteiger partial charge in [-0.15, -0.1) is 9.13 Å². The monoisotopic (exact) mass is 823 g/mol. The third kappa shape index (κ3) is 5.11. The average molecular weight is 824 g/mol. The first-order valence-electron chi connectivity index (χ1n) is 22.3. The van der Waals surface area contributed by atoms with Gasteiger partial charge in [-0.05, 0) is 105 Å². The number of aromatic nitrogens is 3. The maximum Gasteiger partial charge on any atom is 0.499 e. The Labute approximate surface area is 373 Å². The van der Waals surface area contributed by atoms with Crippen LogP contribution in [0.25, 0.3) is 95.0 Å². The van der Waals surface area contributed by atoms with Crippen molar-refractivity contribution < 1.29 is 13.9 Å². The van der Waals surface area contributed by atoms with Crippen LogP contribution >= 0.6 is 0 Å². The van der Waals surface area contributed by atoms with Crippen molar-refractivity contribution in [1.29, 1.82) is 0 Å². The second-order valence-electron chi connectivity index (χ2n) is 18.6. The quantitative estimate of drug-likeness (QED) is 0.159. The maximum atomic E-state index is 7.74. The van der Waals surface area contributed by atoms with Crippen LogP contribution in [0.5, 0.6) is 5.75 Å². The topological polar surface area (TPSA) is 21.9 Å². The summed E-state index contributed by atoms with van der Waals surface area (Å²) in [4.78, 5) is 0. The number of nitrogens with zero attached hydrogens (tertiary/aromatic N) is 3. The van der Waals surface area contributed by atoms with Crippen LogP contribution in [0.3, 0.4) is 0 Å². The van der Waals surface area contributed by atoms with Gasteiger partial charge in [-0.2, -0.15) is 4.57 Å². The molecule has 64 heavy (non-hydrogen) atoms. The van der Waals surface area contributed by atoms with E-state index in [0.717, 1.165) is 45.1 Å². The largest absolute Gasteiger partial charge is 0.499 e. The Kier molecular flexibility index (Phi) is 7.67. The van der Waals surface area contributed by atoms with E-state index in [4.69, 9.17) is 4.74 Å². The number of para-hydroxylation sites is 2. The zero-order chi connectivity index (χ0) is 42.9. The molecule has 10 aromatic rings. The lowest BCUT2D eigenvalue weighted by Crippen LogP contribution is -2.78. The molecule has 8 aromatic carbocycles. The van der Waals surface area contributed by atoms with Gasteiger partial charge in [0.1, 0.15) is 22.6 Å². The van der Waals surface area contributed by atoms with Crippen molar-refractivity contribution in [1.82, 2.24) is 4.57 Å². The standard InChI is InChI=1S/C60H45N3O/c1-38-27-29-40(30-28-38)43-31-32-61-53(35-43)50-34-44(39-17-8-5-9-18-39)33-49-45-24-16-25-52-57(45)63-58(46-23-14-15-26-55(46)64-60(61,63)56(49)50)62(52)54-37-47(41-19-10-6-11-20-41)51(59(2,3)4)36-48(54)42-21-12-7-13-22-42/h5-37H,1-4H3/q+2. The van der Waals surface area contributed by atoms with Crippen molar-refractivity contribution in [3.05, 3.63) is 217 Å². The highest BCUT2D eigenvalue weighted by Gasteiger charge is 2.68. The molecule has 5 heterocycles. The third-order valence-electron chi connectivity index (χ3n) is 13.7. The number of benzene rings is 8.